The number of hydrogen-bond acceptors (Lipinski definition) is 6. The van der Waals surface area contributed by atoms with Crippen LogP contribution in [0, 0.1) is 10.1 Å². The molecule has 21 heavy (non-hydrogen) atoms. The van der Waals surface area contributed by atoms with Gasteiger partial charge >= 0.3 is 0 Å². The summed E-state index contributed by atoms with van der Waals surface area (Å²) in [6.07, 6.45) is 2.26. The summed E-state index contributed by atoms with van der Waals surface area (Å²) in [5, 5.41) is 13.9. The van der Waals surface area contributed by atoms with E-state index in [1.54, 1.807) is 0 Å². The first-order valence-corrected chi connectivity index (χ1v) is 7.98. The highest BCUT2D eigenvalue weighted by molar-refractivity contribution is 7.89. The lowest BCUT2D eigenvalue weighted by Crippen LogP contribution is -2.32. The van der Waals surface area contributed by atoms with Crippen LogP contribution >= 0.6 is 0 Å². The number of hydrogen-bond donors (Lipinski definition) is 2. The summed E-state index contributed by atoms with van der Waals surface area (Å²) in [6.45, 7) is 0.790. The average molecular weight is 315 g/mol. The van der Waals surface area contributed by atoms with Crippen LogP contribution in [-0.2, 0) is 10.0 Å². The van der Waals surface area contributed by atoms with E-state index in [1.165, 1.54) is 13.2 Å². The molecule has 0 saturated heterocycles. The number of methoxy groups -OCH3 is 1. The molecule has 0 amide bonds. The Hall–Kier alpha value is -1.71. The first-order valence-electron chi connectivity index (χ1n) is 6.49. The zero-order chi connectivity index (χ0) is 15.5. The Morgan fingerprint density at radius 2 is 2.10 bits per heavy atom. The molecule has 116 valence electrons. The summed E-state index contributed by atoms with van der Waals surface area (Å²) in [6, 6.07) is 3.91. The van der Waals surface area contributed by atoms with Crippen LogP contribution in [-0.4, -0.2) is 39.6 Å². The van der Waals surface area contributed by atoms with Crippen LogP contribution in [0.25, 0.3) is 0 Å². The monoisotopic (exact) mass is 315 g/mol. The van der Waals surface area contributed by atoms with Gasteiger partial charge in [-0.2, -0.15) is 0 Å². The quantitative estimate of drug-likeness (QED) is 0.413. The number of ether oxygens (including phenoxy) is 1. The number of rotatable bonds is 8. The molecule has 2 N–H and O–H groups in total. The Bertz CT molecular complexity index is 628. The third-order valence-corrected chi connectivity index (χ3v) is 4.58. The molecule has 0 bridgehead atoms. The summed E-state index contributed by atoms with van der Waals surface area (Å²) >= 11 is 0. The molecule has 8 nitrogen and oxygen atoms in total. The van der Waals surface area contributed by atoms with Gasteiger partial charge in [-0.3, -0.25) is 10.1 Å². The summed E-state index contributed by atoms with van der Waals surface area (Å²) in [4.78, 5) is 9.97. The van der Waals surface area contributed by atoms with Crippen molar-refractivity contribution in [2.24, 2.45) is 0 Å². The summed E-state index contributed by atoms with van der Waals surface area (Å²) < 4.78 is 31.7. The van der Waals surface area contributed by atoms with Crippen LogP contribution < -0.4 is 14.8 Å². The fraction of sp³-hybridized carbons (Fsp3) is 0.500. The highest BCUT2D eigenvalue weighted by atomic mass is 32.2. The van der Waals surface area contributed by atoms with Crippen molar-refractivity contribution in [2.45, 2.75) is 23.8 Å². The van der Waals surface area contributed by atoms with Crippen molar-refractivity contribution in [3.05, 3.63) is 28.3 Å². The van der Waals surface area contributed by atoms with Gasteiger partial charge in [0.15, 0.2) is 0 Å². The van der Waals surface area contributed by atoms with E-state index in [2.05, 4.69) is 10.0 Å². The molecule has 0 atom stereocenters. The molecule has 0 heterocycles. The summed E-state index contributed by atoms with van der Waals surface area (Å²) in [5.74, 6) is -0.0492. The topological polar surface area (TPSA) is 111 Å². The number of non-ortho nitro benzene ring substituents is 1. The standard InChI is InChI=1S/C12H17N3O5S/c1-20-11-8-10(15(16)17)4-5-12(11)21(18,19)14-7-6-13-9-2-3-9/h4-5,8-9,13-14H,2-3,6-7H2,1H3. The number of nitro groups is 1. The van der Waals surface area contributed by atoms with E-state index in [4.69, 9.17) is 4.74 Å². The van der Waals surface area contributed by atoms with Crippen LogP contribution in [0.3, 0.4) is 0 Å². The van der Waals surface area contributed by atoms with Crippen LogP contribution in [0.15, 0.2) is 23.1 Å². The van der Waals surface area contributed by atoms with Crippen molar-refractivity contribution in [3.63, 3.8) is 0 Å². The summed E-state index contributed by atoms with van der Waals surface area (Å²) in [5.41, 5.74) is -0.221. The zero-order valence-electron chi connectivity index (χ0n) is 11.5. The van der Waals surface area contributed by atoms with Crippen LogP contribution in [0.5, 0.6) is 5.75 Å². The zero-order valence-corrected chi connectivity index (χ0v) is 12.4. The van der Waals surface area contributed by atoms with Crippen LogP contribution in [0.4, 0.5) is 5.69 Å². The van der Waals surface area contributed by atoms with Crippen LogP contribution in [0.1, 0.15) is 12.8 Å². The van der Waals surface area contributed by atoms with Gasteiger partial charge in [-0.1, -0.05) is 0 Å². The molecule has 1 aromatic rings. The van der Waals surface area contributed by atoms with Gasteiger partial charge in [0.2, 0.25) is 10.0 Å². The molecule has 1 aliphatic rings. The maximum atomic E-state index is 12.2. The molecule has 2 rings (SSSR count). The molecule has 0 spiro atoms. The molecule has 0 aromatic heterocycles. The molecular formula is C12H17N3O5S. The lowest BCUT2D eigenvalue weighted by Gasteiger charge is -2.10. The minimum Gasteiger partial charge on any atom is -0.495 e. The third kappa shape index (κ3) is 4.13. The van der Waals surface area contributed by atoms with E-state index in [0.29, 0.717) is 12.6 Å². The Balaban J connectivity index is 2.08. The van der Waals surface area contributed by atoms with Gasteiger partial charge in [0.05, 0.1) is 18.1 Å². The molecular weight excluding hydrogens is 298 g/mol. The normalized spacial score (nSPS) is 14.9. The molecule has 0 aliphatic heterocycles. The first-order chi connectivity index (χ1) is 9.94. The highest BCUT2D eigenvalue weighted by Gasteiger charge is 2.23. The average Bonchev–Trinajstić information content (AvgIpc) is 3.27. The predicted molar refractivity (Wildman–Crippen MR) is 75.9 cm³/mol. The minimum absolute atomic E-state index is 0.0492. The van der Waals surface area contributed by atoms with E-state index in [0.717, 1.165) is 25.0 Å². The second kappa shape index (κ2) is 6.37. The third-order valence-electron chi connectivity index (χ3n) is 3.07. The van der Waals surface area contributed by atoms with Crippen LogP contribution in [0.2, 0.25) is 0 Å². The molecule has 1 aromatic carbocycles. The Morgan fingerprint density at radius 3 is 2.67 bits per heavy atom. The number of nitro benzene ring substituents is 1. The first kappa shape index (κ1) is 15.7. The van der Waals surface area contributed by atoms with Gasteiger partial charge < -0.3 is 10.1 Å². The van der Waals surface area contributed by atoms with Crippen molar-refractivity contribution >= 4 is 15.7 Å². The second-order valence-electron chi connectivity index (χ2n) is 4.72. The number of sulfonamides is 1. The van der Waals surface area contributed by atoms with E-state index in [1.807, 2.05) is 0 Å². The fourth-order valence-corrected chi connectivity index (χ4v) is 3.00. The van der Waals surface area contributed by atoms with Crippen molar-refractivity contribution in [2.75, 3.05) is 20.2 Å². The molecule has 0 unspecified atom stereocenters. The SMILES string of the molecule is COc1cc([N+](=O)[O-])ccc1S(=O)(=O)NCCNC1CC1. The van der Waals surface area contributed by atoms with Gasteiger partial charge in [-0.15, -0.1) is 0 Å². The van der Waals surface area contributed by atoms with E-state index in [-0.39, 0.29) is 22.9 Å². The summed E-state index contributed by atoms with van der Waals surface area (Å²) in [7, 11) is -2.49. The lowest BCUT2D eigenvalue weighted by molar-refractivity contribution is -0.385. The minimum atomic E-state index is -3.76. The highest BCUT2D eigenvalue weighted by Crippen LogP contribution is 2.28. The smallest absolute Gasteiger partial charge is 0.273 e. The van der Waals surface area contributed by atoms with E-state index in [9.17, 15) is 18.5 Å². The van der Waals surface area contributed by atoms with Gasteiger partial charge in [0, 0.05) is 25.2 Å². The van der Waals surface area contributed by atoms with Crippen molar-refractivity contribution in [3.8, 4) is 5.75 Å². The maximum Gasteiger partial charge on any atom is 0.273 e. The van der Waals surface area contributed by atoms with Crippen molar-refractivity contribution in [1.82, 2.24) is 10.0 Å². The van der Waals surface area contributed by atoms with Crippen molar-refractivity contribution in [1.29, 1.82) is 0 Å². The fourth-order valence-electron chi connectivity index (χ4n) is 1.82. The van der Waals surface area contributed by atoms with Gasteiger partial charge in [-0.05, 0) is 18.9 Å². The molecule has 9 heteroatoms. The van der Waals surface area contributed by atoms with Gasteiger partial charge in [0.25, 0.3) is 5.69 Å². The largest absolute Gasteiger partial charge is 0.495 e. The van der Waals surface area contributed by atoms with E-state index >= 15 is 0 Å². The Morgan fingerprint density at radius 1 is 1.38 bits per heavy atom. The van der Waals surface area contributed by atoms with Crippen molar-refractivity contribution < 1.29 is 18.1 Å². The molecule has 1 aliphatic carbocycles. The second-order valence-corrected chi connectivity index (χ2v) is 6.45. The molecule has 1 fully saturated rings. The number of nitrogens with zero attached hydrogens (tertiary/aromatic N) is 1. The van der Waals surface area contributed by atoms with Gasteiger partial charge in [0.1, 0.15) is 10.6 Å². The Kier molecular flexibility index (Phi) is 4.76. The maximum absolute atomic E-state index is 12.2. The number of benzene rings is 1. The molecule has 0 radical (unpaired) electrons. The molecule has 1 saturated carbocycles. The number of nitrogens with one attached hydrogen (secondary N) is 2. The Labute approximate surface area is 122 Å². The predicted octanol–water partition coefficient (Wildman–Crippen LogP) is 0.634. The van der Waals surface area contributed by atoms with E-state index < -0.39 is 14.9 Å². The van der Waals surface area contributed by atoms with Gasteiger partial charge in [-0.25, -0.2) is 13.1 Å². The lowest BCUT2D eigenvalue weighted by atomic mass is 10.3.